The topological polar surface area (TPSA) is 93.8 Å². The summed E-state index contributed by atoms with van der Waals surface area (Å²) < 4.78 is 5.29. The van der Waals surface area contributed by atoms with Crippen LogP contribution in [0.1, 0.15) is 27.4 Å². The zero-order valence-corrected chi connectivity index (χ0v) is 12.8. The summed E-state index contributed by atoms with van der Waals surface area (Å²) in [6.07, 6.45) is 6.58. The predicted octanol–water partition coefficient (Wildman–Crippen LogP) is 2.07. The molecule has 7 nitrogen and oxygen atoms in total. The minimum Gasteiger partial charge on any atom is -0.355 e. The van der Waals surface area contributed by atoms with Crippen LogP contribution in [-0.4, -0.2) is 26.0 Å². The van der Waals surface area contributed by atoms with Gasteiger partial charge in [0.05, 0.1) is 29.8 Å². The van der Waals surface area contributed by atoms with E-state index in [1.54, 1.807) is 37.8 Å². The van der Waals surface area contributed by atoms with E-state index in [1.165, 1.54) is 0 Å². The van der Waals surface area contributed by atoms with E-state index >= 15 is 0 Å². The van der Waals surface area contributed by atoms with Crippen LogP contribution in [0.3, 0.4) is 0 Å². The summed E-state index contributed by atoms with van der Waals surface area (Å²) in [5.74, 6) is 0.132. The van der Waals surface area contributed by atoms with E-state index in [4.69, 9.17) is 4.52 Å². The molecule has 0 spiro atoms. The highest BCUT2D eigenvalue weighted by molar-refractivity contribution is 6.00. The number of nitrogens with one attached hydrogen (secondary N) is 1. The first-order valence-electron chi connectivity index (χ1n) is 7.07. The lowest BCUT2D eigenvalue weighted by Gasteiger charge is -2.05. The van der Waals surface area contributed by atoms with Gasteiger partial charge < -0.3 is 9.84 Å². The number of aryl methyl sites for hydroxylation is 2. The molecule has 1 amide bonds. The van der Waals surface area contributed by atoms with Crippen LogP contribution >= 0.6 is 0 Å². The van der Waals surface area contributed by atoms with Gasteiger partial charge in [-0.15, -0.1) is 0 Å². The molecule has 0 saturated carbocycles. The average molecular weight is 309 g/mol. The molecule has 3 heterocycles. The SMILES string of the molecule is Cc1cnc(CNC(=O)c2c(C)noc2-c2cccnc2)cn1. The lowest BCUT2D eigenvalue weighted by Crippen LogP contribution is -2.24. The van der Waals surface area contributed by atoms with Crippen molar-refractivity contribution < 1.29 is 9.32 Å². The number of hydrogen-bond donors (Lipinski definition) is 1. The second-order valence-electron chi connectivity index (χ2n) is 5.05. The Kier molecular flexibility index (Phi) is 4.09. The molecular formula is C16H15N5O2. The number of pyridine rings is 1. The molecule has 0 aromatic carbocycles. The molecule has 3 aromatic rings. The summed E-state index contributed by atoms with van der Waals surface area (Å²) in [4.78, 5) is 24.9. The standard InChI is InChI=1S/C16H15N5O2/c1-10-6-19-13(8-18-10)9-20-16(22)14-11(2)21-23-15(14)12-4-3-5-17-7-12/h3-8H,9H2,1-2H3,(H,20,22). The molecule has 1 N–H and O–H groups in total. The first kappa shape index (κ1) is 14.8. The number of carbonyl (C=O) groups excluding carboxylic acids is 1. The van der Waals surface area contributed by atoms with Crippen LogP contribution in [0.2, 0.25) is 0 Å². The first-order chi connectivity index (χ1) is 11.1. The van der Waals surface area contributed by atoms with E-state index in [9.17, 15) is 4.79 Å². The van der Waals surface area contributed by atoms with Crippen LogP contribution in [0.15, 0.2) is 41.4 Å². The van der Waals surface area contributed by atoms with Gasteiger partial charge in [0.2, 0.25) is 0 Å². The second kappa shape index (κ2) is 6.35. The molecule has 116 valence electrons. The van der Waals surface area contributed by atoms with Gasteiger partial charge in [-0.3, -0.25) is 19.7 Å². The number of amides is 1. The number of carbonyl (C=O) groups is 1. The van der Waals surface area contributed by atoms with Crippen LogP contribution in [-0.2, 0) is 6.54 Å². The molecule has 0 saturated heterocycles. The van der Waals surface area contributed by atoms with Crippen molar-refractivity contribution in [1.82, 2.24) is 25.4 Å². The molecule has 0 unspecified atom stereocenters. The smallest absolute Gasteiger partial charge is 0.257 e. The normalized spacial score (nSPS) is 10.5. The largest absolute Gasteiger partial charge is 0.355 e. The number of hydrogen-bond acceptors (Lipinski definition) is 6. The number of nitrogens with zero attached hydrogens (tertiary/aromatic N) is 4. The number of aromatic nitrogens is 4. The molecule has 0 fully saturated rings. The monoisotopic (exact) mass is 309 g/mol. The van der Waals surface area contributed by atoms with Gasteiger partial charge in [0.1, 0.15) is 5.56 Å². The van der Waals surface area contributed by atoms with Crippen LogP contribution in [0.25, 0.3) is 11.3 Å². The Balaban J connectivity index is 1.80. The molecule has 3 rings (SSSR count). The Bertz CT molecular complexity index is 812. The highest BCUT2D eigenvalue weighted by atomic mass is 16.5. The summed E-state index contributed by atoms with van der Waals surface area (Å²) in [5, 5.41) is 6.70. The molecule has 0 aliphatic carbocycles. The van der Waals surface area contributed by atoms with Crippen LogP contribution in [0.4, 0.5) is 0 Å². The van der Waals surface area contributed by atoms with Crippen molar-refractivity contribution in [3.05, 3.63) is 59.6 Å². The Morgan fingerprint density at radius 2 is 2.09 bits per heavy atom. The van der Waals surface area contributed by atoms with Gasteiger partial charge in [-0.25, -0.2) is 0 Å². The van der Waals surface area contributed by atoms with Gasteiger partial charge in [0, 0.05) is 24.2 Å². The minimum atomic E-state index is -0.273. The van der Waals surface area contributed by atoms with Crippen molar-refractivity contribution in [3.8, 4) is 11.3 Å². The van der Waals surface area contributed by atoms with E-state index in [0.29, 0.717) is 28.3 Å². The fraction of sp³-hybridized carbons (Fsp3) is 0.188. The Labute approximate surface area is 132 Å². The van der Waals surface area contributed by atoms with E-state index in [1.807, 2.05) is 13.0 Å². The Hall–Kier alpha value is -3.09. The summed E-state index contributed by atoms with van der Waals surface area (Å²) in [6.45, 7) is 3.86. The maximum Gasteiger partial charge on any atom is 0.257 e. The third-order valence-corrected chi connectivity index (χ3v) is 3.28. The molecule has 0 bridgehead atoms. The molecule has 0 radical (unpaired) electrons. The van der Waals surface area contributed by atoms with Gasteiger partial charge in [0.25, 0.3) is 5.91 Å². The molecule has 7 heteroatoms. The highest BCUT2D eigenvalue weighted by Crippen LogP contribution is 2.25. The van der Waals surface area contributed by atoms with Gasteiger partial charge in [-0.1, -0.05) is 5.16 Å². The van der Waals surface area contributed by atoms with Crippen molar-refractivity contribution in [2.45, 2.75) is 20.4 Å². The molecule has 0 atom stereocenters. The zero-order valence-electron chi connectivity index (χ0n) is 12.8. The fourth-order valence-electron chi connectivity index (χ4n) is 2.10. The number of rotatable bonds is 4. The van der Waals surface area contributed by atoms with Crippen LogP contribution in [0.5, 0.6) is 0 Å². The molecular weight excluding hydrogens is 294 g/mol. The lowest BCUT2D eigenvalue weighted by molar-refractivity contribution is 0.0950. The van der Waals surface area contributed by atoms with E-state index in [2.05, 4.69) is 25.4 Å². The van der Waals surface area contributed by atoms with Crippen molar-refractivity contribution in [1.29, 1.82) is 0 Å². The van der Waals surface area contributed by atoms with Gasteiger partial charge in [-0.05, 0) is 26.0 Å². The minimum absolute atomic E-state index is 0.273. The Morgan fingerprint density at radius 1 is 1.22 bits per heavy atom. The second-order valence-corrected chi connectivity index (χ2v) is 5.05. The average Bonchev–Trinajstić information content (AvgIpc) is 2.96. The van der Waals surface area contributed by atoms with Gasteiger partial charge in [0.15, 0.2) is 5.76 Å². The highest BCUT2D eigenvalue weighted by Gasteiger charge is 2.21. The molecule has 23 heavy (non-hydrogen) atoms. The molecule has 3 aromatic heterocycles. The summed E-state index contributed by atoms with van der Waals surface area (Å²) in [5.41, 5.74) is 3.14. The quantitative estimate of drug-likeness (QED) is 0.793. The summed E-state index contributed by atoms with van der Waals surface area (Å²) in [6, 6.07) is 3.59. The van der Waals surface area contributed by atoms with Crippen molar-refractivity contribution in [3.63, 3.8) is 0 Å². The van der Waals surface area contributed by atoms with Crippen LogP contribution in [0, 0.1) is 13.8 Å². The third-order valence-electron chi connectivity index (χ3n) is 3.28. The first-order valence-corrected chi connectivity index (χ1v) is 7.07. The van der Waals surface area contributed by atoms with E-state index in [-0.39, 0.29) is 12.5 Å². The molecule has 0 aliphatic heterocycles. The maximum atomic E-state index is 12.5. The summed E-state index contributed by atoms with van der Waals surface area (Å²) in [7, 11) is 0. The van der Waals surface area contributed by atoms with Crippen molar-refractivity contribution >= 4 is 5.91 Å². The van der Waals surface area contributed by atoms with Crippen molar-refractivity contribution in [2.75, 3.05) is 0 Å². The Morgan fingerprint density at radius 3 is 2.78 bits per heavy atom. The van der Waals surface area contributed by atoms with Gasteiger partial charge in [-0.2, -0.15) is 0 Å². The van der Waals surface area contributed by atoms with E-state index in [0.717, 1.165) is 5.69 Å². The predicted molar refractivity (Wildman–Crippen MR) is 82.4 cm³/mol. The fourth-order valence-corrected chi connectivity index (χ4v) is 2.10. The summed E-state index contributed by atoms with van der Waals surface area (Å²) >= 11 is 0. The maximum absolute atomic E-state index is 12.5. The third kappa shape index (κ3) is 3.23. The van der Waals surface area contributed by atoms with Crippen LogP contribution < -0.4 is 5.32 Å². The zero-order chi connectivity index (χ0) is 16.2. The van der Waals surface area contributed by atoms with Gasteiger partial charge >= 0.3 is 0 Å². The lowest BCUT2D eigenvalue weighted by atomic mass is 10.1. The molecule has 0 aliphatic rings. The van der Waals surface area contributed by atoms with Crippen molar-refractivity contribution in [2.24, 2.45) is 0 Å². The van der Waals surface area contributed by atoms with E-state index < -0.39 is 0 Å².